The normalized spacial score (nSPS) is 13.6. The monoisotopic (exact) mass is 448 g/mol. The zero-order chi connectivity index (χ0) is 22.2. The summed E-state index contributed by atoms with van der Waals surface area (Å²) >= 11 is 1.74. The van der Waals surface area contributed by atoms with E-state index in [-0.39, 0.29) is 11.9 Å². The molecule has 1 amide bonds. The summed E-state index contributed by atoms with van der Waals surface area (Å²) in [5, 5.41) is 12.1. The third-order valence-corrected chi connectivity index (χ3v) is 6.28. The summed E-state index contributed by atoms with van der Waals surface area (Å²) in [6, 6.07) is 4.00. The summed E-state index contributed by atoms with van der Waals surface area (Å²) in [7, 11) is 0. The van der Waals surface area contributed by atoms with Gasteiger partial charge in [-0.15, -0.1) is 0 Å². The van der Waals surface area contributed by atoms with Crippen LogP contribution in [0.1, 0.15) is 39.7 Å². The number of nitrogens with zero attached hydrogens (tertiary/aromatic N) is 6. The number of carbonyl (C=O) groups is 1. The van der Waals surface area contributed by atoms with Crippen LogP contribution in [0.25, 0.3) is 22.3 Å². The summed E-state index contributed by atoms with van der Waals surface area (Å²) in [6.07, 6.45) is 11.7. The number of nitrogens with one attached hydrogen (secondary N) is 2. The van der Waals surface area contributed by atoms with Crippen molar-refractivity contribution < 1.29 is 4.79 Å². The third-order valence-electron chi connectivity index (χ3n) is 5.10. The summed E-state index contributed by atoms with van der Waals surface area (Å²) in [6.45, 7) is 5.70. The van der Waals surface area contributed by atoms with E-state index in [1.165, 1.54) is 19.8 Å². The predicted octanol–water partition coefficient (Wildman–Crippen LogP) is 4.63. The highest BCUT2D eigenvalue weighted by Crippen LogP contribution is 2.35. The Morgan fingerprint density at radius 2 is 2.03 bits per heavy atom. The van der Waals surface area contributed by atoms with Gasteiger partial charge in [-0.2, -0.15) is 5.10 Å². The Morgan fingerprint density at radius 1 is 1.19 bits per heavy atom. The fourth-order valence-corrected chi connectivity index (χ4v) is 4.36. The molecule has 5 rings (SSSR count). The van der Waals surface area contributed by atoms with E-state index in [9.17, 15) is 4.79 Å². The molecule has 164 valence electrons. The molecule has 0 bridgehead atoms. The average molecular weight is 449 g/mol. The lowest BCUT2D eigenvalue weighted by molar-refractivity contribution is -0.114. The van der Waals surface area contributed by atoms with Crippen LogP contribution in [0.4, 0.5) is 17.3 Å². The van der Waals surface area contributed by atoms with Crippen LogP contribution in [0.3, 0.4) is 0 Å². The van der Waals surface area contributed by atoms with Gasteiger partial charge in [0.15, 0.2) is 5.82 Å². The number of amides is 1. The quantitative estimate of drug-likeness (QED) is 0.425. The Balaban J connectivity index is 1.41. The first-order chi connectivity index (χ1) is 15.5. The second kappa shape index (κ2) is 8.27. The SMILES string of the molecule is CC(=O)Nc1cn(C(C)C)c2cc(Nc3ccnc(-c4cnn(SC5CC5)c4)n3)ncc12. The van der Waals surface area contributed by atoms with Gasteiger partial charge in [0.1, 0.15) is 11.6 Å². The van der Waals surface area contributed by atoms with Crippen LogP contribution in [0.5, 0.6) is 0 Å². The van der Waals surface area contributed by atoms with E-state index in [1.807, 2.05) is 28.6 Å². The van der Waals surface area contributed by atoms with Crippen molar-refractivity contribution in [3.63, 3.8) is 0 Å². The van der Waals surface area contributed by atoms with Gasteiger partial charge in [0.25, 0.3) is 0 Å². The third kappa shape index (κ3) is 4.31. The Morgan fingerprint density at radius 3 is 2.78 bits per heavy atom. The molecular weight excluding hydrogens is 424 g/mol. The fraction of sp³-hybridized carbons (Fsp3) is 0.318. The van der Waals surface area contributed by atoms with Gasteiger partial charge in [0.05, 0.1) is 23.0 Å². The molecule has 0 aliphatic heterocycles. The van der Waals surface area contributed by atoms with Gasteiger partial charge in [-0.3, -0.25) is 4.79 Å². The van der Waals surface area contributed by atoms with Gasteiger partial charge in [-0.25, -0.2) is 19.0 Å². The summed E-state index contributed by atoms with van der Waals surface area (Å²) < 4.78 is 4.00. The molecule has 4 heterocycles. The molecule has 32 heavy (non-hydrogen) atoms. The van der Waals surface area contributed by atoms with Crippen molar-refractivity contribution >= 4 is 46.1 Å². The first kappa shape index (κ1) is 20.5. The summed E-state index contributed by atoms with van der Waals surface area (Å²) in [5.74, 6) is 1.81. The molecule has 2 N–H and O–H groups in total. The first-order valence-corrected chi connectivity index (χ1v) is 11.4. The lowest BCUT2D eigenvalue weighted by atomic mass is 10.3. The van der Waals surface area contributed by atoms with Gasteiger partial charge < -0.3 is 15.2 Å². The molecule has 0 spiro atoms. The topological polar surface area (TPSA) is 103 Å². The van der Waals surface area contributed by atoms with E-state index in [0.717, 1.165) is 22.2 Å². The number of hydrogen-bond donors (Lipinski definition) is 2. The van der Waals surface area contributed by atoms with Crippen molar-refractivity contribution in [2.24, 2.45) is 0 Å². The minimum Gasteiger partial charge on any atom is -0.343 e. The molecule has 1 aliphatic carbocycles. The molecule has 1 saturated carbocycles. The maximum Gasteiger partial charge on any atom is 0.221 e. The number of fused-ring (bicyclic) bond motifs is 1. The van der Waals surface area contributed by atoms with Crippen molar-refractivity contribution in [2.75, 3.05) is 10.6 Å². The molecular formula is C22H24N8OS. The maximum atomic E-state index is 11.6. The van der Waals surface area contributed by atoms with Gasteiger partial charge in [0.2, 0.25) is 5.91 Å². The molecule has 4 aromatic rings. The van der Waals surface area contributed by atoms with Crippen molar-refractivity contribution in [3.05, 3.63) is 43.1 Å². The summed E-state index contributed by atoms with van der Waals surface area (Å²) in [4.78, 5) is 25.1. The number of aromatic nitrogens is 6. The van der Waals surface area contributed by atoms with E-state index < -0.39 is 0 Å². The van der Waals surface area contributed by atoms with Crippen LogP contribution in [-0.4, -0.2) is 39.9 Å². The zero-order valence-electron chi connectivity index (χ0n) is 18.1. The molecule has 0 unspecified atom stereocenters. The lowest BCUT2D eigenvalue weighted by Crippen LogP contribution is -2.05. The van der Waals surface area contributed by atoms with Crippen LogP contribution in [-0.2, 0) is 4.79 Å². The number of carbonyl (C=O) groups excluding carboxylic acids is 1. The van der Waals surface area contributed by atoms with Crippen molar-refractivity contribution in [3.8, 4) is 11.4 Å². The largest absolute Gasteiger partial charge is 0.343 e. The van der Waals surface area contributed by atoms with Gasteiger partial charge >= 0.3 is 0 Å². The molecule has 10 heteroatoms. The molecule has 9 nitrogen and oxygen atoms in total. The Bertz CT molecular complexity index is 1290. The predicted molar refractivity (Wildman–Crippen MR) is 127 cm³/mol. The highest BCUT2D eigenvalue weighted by atomic mass is 32.2. The van der Waals surface area contributed by atoms with E-state index >= 15 is 0 Å². The Kier molecular flexibility index (Phi) is 5.30. The number of pyridine rings is 1. The van der Waals surface area contributed by atoms with E-state index in [0.29, 0.717) is 22.7 Å². The molecule has 0 atom stereocenters. The standard InChI is InChI=1S/C22H24N8OS/c1-13(2)29-12-18(26-14(3)31)17-10-24-21(8-19(17)29)27-20-6-7-23-22(28-20)15-9-25-30(11-15)32-16-4-5-16/h6-13,16H,4-5H2,1-3H3,(H,26,31)(H,23,24,27,28). The van der Waals surface area contributed by atoms with Crippen LogP contribution in [0.2, 0.25) is 0 Å². The van der Waals surface area contributed by atoms with E-state index in [2.05, 4.69) is 49.1 Å². The zero-order valence-corrected chi connectivity index (χ0v) is 18.9. The lowest BCUT2D eigenvalue weighted by Gasteiger charge is -2.10. The van der Waals surface area contributed by atoms with Crippen LogP contribution in [0.15, 0.2) is 43.1 Å². The van der Waals surface area contributed by atoms with Crippen molar-refractivity contribution in [1.29, 1.82) is 0 Å². The highest BCUT2D eigenvalue weighted by molar-refractivity contribution is 7.98. The van der Waals surface area contributed by atoms with Gasteiger partial charge in [0, 0.05) is 54.5 Å². The maximum absolute atomic E-state index is 11.6. The fourth-order valence-electron chi connectivity index (χ4n) is 3.43. The summed E-state index contributed by atoms with van der Waals surface area (Å²) in [5.41, 5.74) is 2.61. The number of hydrogen-bond acceptors (Lipinski definition) is 7. The molecule has 0 aromatic carbocycles. The minimum absolute atomic E-state index is 0.109. The van der Waals surface area contributed by atoms with Crippen molar-refractivity contribution in [1.82, 2.24) is 28.7 Å². The first-order valence-electron chi connectivity index (χ1n) is 10.6. The van der Waals surface area contributed by atoms with Crippen LogP contribution < -0.4 is 10.6 Å². The second-order valence-corrected chi connectivity index (χ2v) is 9.39. The smallest absolute Gasteiger partial charge is 0.221 e. The van der Waals surface area contributed by atoms with Gasteiger partial charge in [-0.1, -0.05) is 0 Å². The molecule has 1 aliphatic rings. The number of anilines is 3. The second-order valence-electron chi connectivity index (χ2n) is 8.14. The molecule has 0 saturated heterocycles. The van der Waals surface area contributed by atoms with Crippen LogP contribution in [0, 0.1) is 0 Å². The minimum atomic E-state index is -0.109. The number of rotatable bonds is 7. The molecule has 0 radical (unpaired) electrons. The Hall–Kier alpha value is -3.40. The van der Waals surface area contributed by atoms with E-state index in [4.69, 9.17) is 0 Å². The average Bonchev–Trinajstić information content (AvgIpc) is 3.32. The van der Waals surface area contributed by atoms with Crippen molar-refractivity contribution in [2.45, 2.75) is 44.9 Å². The van der Waals surface area contributed by atoms with E-state index in [1.54, 1.807) is 30.5 Å². The Labute approximate surface area is 189 Å². The van der Waals surface area contributed by atoms with Gasteiger partial charge in [-0.05, 0) is 44.7 Å². The highest BCUT2D eigenvalue weighted by Gasteiger charge is 2.23. The van der Waals surface area contributed by atoms with Crippen LogP contribution >= 0.6 is 11.9 Å². The molecule has 4 aromatic heterocycles. The molecule has 1 fully saturated rings.